The highest BCUT2D eigenvalue weighted by Crippen LogP contribution is 2.29. The minimum Gasteiger partial charge on any atom is -0.368 e. The van der Waals surface area contributed by atoms with Gasteiger partial charge in [0.1, 0.15) is 5.69 Å². The predicted molar refractivity (Wildman–Crippen MR) is 119 cm³/mol. The molecule has 0 spiro atoms. The Bertz CT molecular complexity index is 1120. The summed E-state index contributed by atoms with van der Waals surface area (Å²) in [5, 5.41) is 6.78. The summed E-state index contributed by atoms with van der Waals surface area (Å²) in [6.45, 7) is 2.97. The van der Waals surface area contributed by atoms with Crippen LogP contribution in [0.4, 0.5) is 5.69 Å². The number of anilines is 1. The van der Waals surface area contributed by atoms with Crippen molar-refractivity contribution < 1.29 is 4.79 Å². The number of carbonyl (C=O) groups excluding carboxylic acids is 1. The van der Waals surface area contributed by atoms with Crippen molar-refractivity contribution in [2.45, 2.75) is 0 Å². The molecule has 0 atom stereocenters. The van der Waals surface area contributed by atoms with Gasteiger partial charge in [0, 0.05) is 50.5 Å². The zero-order valence-electron chi connectivity index (χ0n) is 16.4. The smallest absolute Gasteiger partial charge is 0.257 e. The van der Waals surface area contributed by atoms with Crippen LogP contribution in [-0.4, -0.2) is 51.8 Å². The van der Waals surface area contributed by atoms with E-state index in [9.17, 15) is 4.79 Å². The van der Waals surface area contributed by atoms with Crippen LogP contribution in [-0.2, 0) is 0 Å². The number of nitrogens with zero attached hydrogens (tertiary/aromatic N) is 5. The Balaban J connectivity index is 1.41. The second-order valence-corrected chi connectivity index (χ2v) is 8.08. The van der Waals surface area contributed by atoms with Crippen molar-refractivity contribution in [3.8, 4) is 16.3 Å². The lowest BCUT2D eigenvalue weighted by molar-refractivity contribution is 0.0747. The van der Waals surface area contributed by atoms with Crippen LogP contribution < -0.4 is 4.90 Å². The topological polar surface area (TPSA) is 54.3 Å². The zero-order valence-corrected chi connectivity index (χ0v) is 17.2. The summed E-state index contributed by atoms with van der Waals surface area (Å²) in [4.78, 5) is 22.8. The van der Waals surface area contributed by atoms with Crippen LogP contribution in [0.2, 0.25) is 0 Å². The number of para-hydroxylation sites is 1. The molecule has 4 aromatic rings. The average Bonchev–Trinajstić information content (AvgIpc) is 3.50. The van der Waals surface area contributed by atoms with E-state index in [-0.39, 0.29) is 5.91 Å². The minimum absolute atomic E-state index is 0.0370. The number of thiophene rings is 1. The van der Waals surface area contributed by atoms with Gasteiger partial charge in [0.15, 0.2) is 0 Å². The van der Waals surface area contributed by atoms with Gasteiger partial charge in [-0.15, -0.1) is 11.3 Å². The maximum Gasteiger partial charge on any atom is 0.257 e. The Kier molecular flexibility index (Phi) is 5.03. The Morgan fingerprint density at radius 3 is 2.33 bits per heavy atom. The molecule has 1 amide bonds. The van der Waals surface area contributed by atoms with Crippen molar-refractivity contribution in [3.05, 3.63) is 84.1 Å². The fourth-order valence-electron chi connectivity index (χ4n) is 3.73. The minimum atomic E-state index is 0.0370. The lowest BCUT2D eigenvalue weighted by atomic mass is 10.1. The van der Waals surface area contributed by atoms with Crippen molar-refractivity contribution >= 4 is 22.9 Å². The van der Waals surface area contributed by atoms with Gasteiger partial charge in [-0.1, -0.05) is 24.3 Å². The lowest BCUT2D eigenvalue weighted by Gasteiger charge is -2.36. The number of benzene rings is 1. The first-order chi connectivity index (χ1) is 14.8. The molecule has 0 unspecified atom stereocenters. The number of amides is 1. The van der Waals surface area contributed by atoms with Gasteiger partial charge in [0.25, 0.3) is 5.91 Å². The Morgan fingerprint density at radius 2 is 1.63 bits per heavy atom. The fourth-order valence-corrected chi connectivity index (χ4v) is 4.45. The van der Waals surface area contributed by atoms with Crippen LogP contribution in [0.15, 0.2) is 78.6 Å². The van der Waals surface area contributed by atoms with Crippen LogP contribution in [0.1, 0.15) is 10.4 Å². The SMILES string of the molecule is O=C(c1cn(-c2ccccc2)nc1-c1cccs1)N1CCN(c2ccncc2)CC1. The number of hydrogen-bond acceptors (Lipinski definition) is 5. The number of rotatable bonds is 4. The van der Waals surface area contributed by atoms with Gasteiger partial charge in [0.05, 0.1) is 16.1 Å². The van der Waals surface area contributed by atoms with Crippen molar-refractivity contribution in [3.63, 3.8) is 0 Å². The van der Waals surface area contributed by atoms with E-state index in [1.807, 2.05) is 71.1 Å². The molecule has 1 aliphatic heterocycles. The Morgan fingerprint density at radius 1 is 0.867 bits per heavy atom. The number of carbonyl (C=O) groups is 1. The molecule has 150 valence electrons. The van der Waals surface area contributed by atoms with Crippen LogP contribution in [0.25, 0.3) is 16.3 Å². The highest BCUT2D eigenvalue weighted by atomic mass is 32.1. The summed E-state index contributed by atoms with van der Waals surface area (Å²) in [5.74, 6) is 0.0370. The van der Waals surface area contributed by atoms with E-state index in [1.54, 1.807) is 28.4 Å². The average molecular weight is 416 g/mol. The van der Waals surface area contributed by atoms with Crippen LogP contribution in [0, 0.1) is 0 Å². The predicted octanol–water partition coefficient (Wildman–Crippen LogP) is 3.96. The molecule has 1 aromatic carbocycles. The van der Waals surface area contributed by atoms with E-state index in [0.717, 1.165) is 35.0 Å². The monoisotopic (exact) mass is 415 g/mol. The number of pyridine rings is 1. The maximum atomic E-state index is 13.5. The molecule has 0 aliphatic carbocycles. The largest absolute Gasteiger partial charge is 0.368 e. The van der Waals surface area contributed by atoms with Gasteiger partial charge < -0.3 is 9.80 Å². The molecule has 1 saturated heterocycles. The molecule has 0 N–H and O–H groups in total. The molecule has 0 bridgehead atoms. The van der Waals surface area contributed by atoms with Crippen molar-refractivity contribution in [2.75, 3.05) is 31.1 Å². The van der Waals surface area contributed by atoms with E-state index >= 15 is 0 Å². The Hall–Kier alpha value is -3.45. The first-order valence-electron chi connectivity index (χ1n) is 9.93. The quantitative estimate of drug-likeness (QED) is 0.506. The third-order valence-corrected chi connectivity index (χ3v) is 6.19. The summed E-state index contributed by atoms with van der Waals surface area (Å²) < 4.78 is 1.80. The third kappa shape index (κ3) is 3.59. The molecule has 6 nitrogen and oxygen atoms in total. The van der Waals surface area contributed by atoms with Crippen LogP contribution >= 0.6 is 11.3 Å². The van der Waals surface area contributed by atoms with E-state index in [4.69, 9.17) is 5.10 Å². The molecule has 0 saturated carbocycles. The molecule has 4 heterocycles. The van der Waals surface area contributed by atoms with Crippen LogP contribution in [0.3, 0.4) is 0 Å². The van der Waals surface area contributed by atoms with E-state index in [1.165, 1.54) is 0 Å². The second-order valence-electron chi connectivity index (χ2n) is 7.13. The van der Waals surface area contributed by atoms with Crippen LogP contribution in [0.5, 0.6) is 0 Å². The van der Waals surface area contributed by atoms with E-state index in [0.29, 0.717) is 18.7 Å². The third-order valence-electron chi connectivity index (χ3n) is 5.31. The standard InChI is InChI=1S/C23H21N5OS/c29-23(27-14-12-26(13-15-27)18-8-10-24-11-9-18)20-17-28(19-5-2-1-3-6-19)25-22(20)21-7-4-16-30-21/h1-11,16-17H,12-15H2. The van der Waals surface area contributed by atoms with Gasteiger partial charge in [0.2, 0.25) is 0 Å². The first-order valence-corrected chi connectivity index (χ1v) is 10.8. The molecular formula is C23H21N5OS. The summed E-state index contributed by atoms with van der Waals surface area (Å²) in [5.41, 5.74) is 3.49. The highest BCUT2D eigenvalue weighted by Gasteiger charge is 2.27. The summed E-state index contributed by atoms with van der Waals surface area (Å²) in [6.07, 6.45) is 5.47. The fraction of sp³-hybridized carbons (Fsp3) is 0.174. The van der Waals surface area contributed by atoms with Crippen molar-refractivity contribution in [1.29, 1.82) is 0 Å². The molecule has 0 radical (unpaired) electrons. The van der Waals surface area contributed by atoms with Gasteiger partial charge in [-0.2, -0.15) is 5.10 Å². The molecule has 30 heavy (non-hydrogen) atoms. The first kappa shape index (κ1) is 18.6. The summed E-state index contributed by atoms with van der Waals surface area (Å²) >= 11 is 1.60. The van der Waals surface area contributed by atoms with E-state index < -0.39 is 0 Å². The molecule has 7 heteroatoms. The molecule has 3 aromatic heterocycles. The lowest BCUT2D eigenvalue weighted by Crippen LogP contribution is -2.48. The van der Waals surface area contributed by atoms with Gasteiger partial charge >= 0.3 is 0 Å². The molecular weight excluding hydrogens is 394 g/mol. The normalized spacial score (nSPS) is 14.1. The summed E-state index contributed by atoms with van der Waals surface area (Å²) in [7, 11) is 0. The summed E-state index contributed by atoms with van der Waals surface area (Å²) in [6, 6.07) is 17.9. The van der Waals surface area contributed by atoms with Gasteiger partial charge in [-0.05, 0) is 35.7 Å². The van der Waals surface area contributed by atoms with Gasteiger partial charge in [-0.25, -0.2) is 4.68 Å². The molecule has 1 aliphatic rings. The zero-order chi connectivity index (χ0) is 20.3. The Labute approximate surface area is 179 Å². The second kappa shape index (κ2) is 8.12. The van der Waals surface area contributed by atoms with Crippen molar-refractivity contribution in [2.24, 2.45) is 0 Å². The van der Waals surface area contributed by atoms with Gasteiger partial charge in [-0.3, -0.25) is 9.78 Å². The van der Waals surface area contributed by atoms with E-state index in [2.05, 4.69) is 9.88 Å². The maximum absolute atomic E-state index is 13.5. The molecule has 5 rings (SSSR count). The van der Waals surface area contributed by atoms with Crippen molar-refractivity contribution in [1.82, 2.24) is 19.7 Å². The number of piperazine rings is 1. The molecule has 1 fully saturated rings. The highest BCUT2D eigenvalue weighted by molar-refractivity contribution is 7.13. The number of hydrogen-bond donors (Lipinski definition) is 0. The number of aromatic nitrogens is 3.